The number of anilines is 1. The summed E-state index contributed by atoms with van der Waals surface area (Å²) in [5.74, 6) is 0.805. The van der Waals surface area contributed by atoms with E-state index in [-0.39, 0.29) is 18.2 Å². The minimum Gasteiger partial charge on any atom is -0.494 e. The normalized spacial score (nSPS) is 13.3. The van der Waals surface area contributed by atoms with Gasteiger partial charge in [0, 0.05) is 48.2 Å². The summed E-state index contributed by atoms with van der Waals surface area (Å²) in [5, 5.41) is 8.89. The second-order valence-electron chi connectivity index (χ2n) is 7.22. The molecule has 9 nitrogen and oxygen atoms in total. The zero-order valence-corrected chi connectivity index (χ0v) is 19.2. The Morgan fingerprint density at radius 1 is 1.21 bits per heavy atom. The summed E-state index contributed by atoms with van der Waals surface area (Å²) in [6.07, 6.45) is 0.599. The molecule has 33 heavy (non-hydrogen) atoms. The molecule has 0 radical (unpaired) electrons. The number of rotatable bonds is 8. The molecule has 0 amide bonds. The first kappa shape index (κ1) is 22.5. The fourth-order valence-electron chi connectivity index (χ4n) is 3.52. The lowest BCUT2D eigenvalue weighted by atomic mass is 9.99. The zero-order chi connectivity index (χ0) is 23.2. The quantitative estimate of drug-likeness (QED) is 0.341. The number of benzene rings is 2. The fourth-order valence-corrected chi connectivity index (χ4v) is 4.04. The number of ketones is 1. The topological polar surface area (TPSA) is 106 Å². The third-order valence-corrected chi connectivity index (χ3v) is 5.73. The first-order valence-electron chi connectivity index (χ1n) is 10.6. The van der Waals surface area contributed by atoms with Gasteiger partial charge < -0.3 is 14.4 Å². The number of Topliss-reactive ketones (excluding diaryl/α,β-unsaturated/α-hetero) is 1. The van der Waals surface area contributed by atoms with E-state index in [1.54, 1.807) is 19.1 Å². The van der Waals surface area contributed by atoms with E-state index < -0.39 is 0 Å². The maximum Gasteiger partial charge on any atom is 0.307 e. The lowest BCUT2D eigenvalue weighted by molar-refractivity contribution is -0.142. The van der Waals surface area contributed by atoms with Crippen LogP contribution in [0.2, 0.25) is 0 Å². The Balaban J connectivity index is 1.57. The monoisotopic (exact) mass is 465 g/mol. The average Bonchev–Trinajstić information content (AvgIpc) is 3.32. The number of hydrogen-bond donors (Lipinski definition) is 0. The highest BCUT2D eigenvalue weighted by Gasteiger charge is 2.26. The number of methoxy groups -OCH3 is 1. The molecular formula is C23H23N5O4S. The van der Waals surface area contributed by atoms with Crippen molar-refractivity contribution in [2.45, 2.75) is 19.8 Å². The highest BCUT2D eigenvalue weighted by molar-refractivity contribution is 7.09. The van der Waals surface area contributed by atoms with E-state index >= 15 is 0 Å². The van der Waals surface area contributed by atoms with Crippen molar-refractivity contribution in [1.29, 1.82) is 0 Å². The van der Waals surface area contributed by atoms with Crippen molar-refractivity contribution in [3.63, 3.8) is 0 Å². The maximum atomic E-state index is 12.6. The van der Waals surface area contributed by atoms with Crippen molar-refractivity contribution >= 4 is 39.8 Å². The number of carbonyl (C=O) groups excluding carboxylic acids is 2. The van der Waals surface area contributed by atoms with Gasteiger partial charge >= 0.3 is 5.97 Å². The van der Waals surface area contributed by atoms with Crippen LogP contribution in [0.4, 0.5) is 16.5 Å². The van der Waals surface area contributed by atoms with Crippen LogP contribution < -0.4 is 9.64 Å². The Bertz CT molecular complexity index is 1180. The third kappa shape index (κ3) is 5.23. The Morgan fingerprint density at radius 3 is 2.79 bits per heavy atom. The van der Waals surface area contributed by atoms with E-state index in [0.29, 0.717) is 59.8 Å². The van der Waals surface area contributed by atoms with Crippen LogP contribution in [0.15, 0.2) is 52.7 Å². The Morgan fingerprint density at radius 2 is 2.03 bits per heavy atom. The lowest BCUT2D eigenvalue weighted by Gasteiger charge is -2.30. The molecule has 170 valence electrons. The standard InChI is InChI=1S/C23H23N5O4S/c1-3-32-21(30)10-12-28-11-9-19(29)16-13-17(20(31-2)14-18(16)28)25-26-23-24-22(27-33-23)15-7-5-4-6-8-15/h4-8,13-14H,3,9-12H2,1-2H3/b26-25+. The van der Waals surface area contributed by atoms with Gasteiger partial charge in [-0.3, -0.25) is 9.59 Å². The van der Waals surface area contributed by atoms with Crippen molar-refractivity contribution in [3.8, 4) is 17.1 Å². The second kappa shape index (κ2) is 10.3. The van der Waals surface area contributed by atoms with Crippen LogP contribution in [-0.4, -0.2) is 47.9 Å². The zero-order valence-electron chi connectivity index (χ0n) is 18.4. The van der Waals surface area contributed by atoms with Crippen molar-refractivity contribution in [1.82, 2.24) is 9.36 Å². The molecule has 2 aromatic carbocycles. The van der Waals surface area contributed by atoms with Crippen molar-refractivity contribution < 1.29 is 19.1 Å². The number of hydrogen-bond acceptors (Lipinski definition) is 10. The van der Waals surface area contributed by atoms with Crippen molar-refractivity contribution in [2.24, 2.45) is 10.2 Å². The Labute approximate surface area is 195 Å². The van der Waals surface area contributed by atoms with E-state index in [9.17, 15) is 9.59 Å². The Kier molecular flexibility index (Phi) is 7.04. The summed E-state index contributed by atoms with van der Waals surface area (Å²) < 4.78 is 14.8. The predicted octanol–water partition coefficient (Wildman–Crippen LogP) is 4.98. The Hall–Kier alpha value is -3.66. The lowest BCUT2D eigenvalue weighted by Crippen LogP contribution is -2.34. The largest absolute Gasteiger partial charge is 0.494 e. The van der Waals surface area contributed by atoms with Gasteiger partial charge in [-0.2, -0.15) is 9.36 Å². The molecule has 0 atom stereocenters. The molecule has 0 spiro atoms. The second-order valence-corrected chi connectivity index (χ2v) is 7.95. The SMILES string of the molecule is CCOC(=O)CCN1CCC(=O)c2cc(/N=N/c3nc(-c4ccccc4)ns3)c(OC)cc21. The number of aromatic nitrogens is 2. The summed E-state index contributed by atoms with van der Waals surface area (Å²) in [5.41, 5.74) is 2.57. The van der Waals surface area contributed by atoms with Gasteiger partial charge in [-0.25, -0.2) is 0 Å². The molecule has 0 bridgehead atoms. The number of ether oxygens (including phenoxy) is 2. The first-order valence-corrected chi connectivity index (χ1v) is 11.3. The molecule has 0 fully saturated rings. The average molecular weight is 466 g/mol. The number of nitrogens with zero attached hydrogens (tertiary/aromatic N) is 5. The smallest absolute Gasteiger partial charge is 0.307 e. The summed E-state index contributed by atoms with van der Waals surface area (Å²) in [6, 6.07) is 13.1. The molecular weight excluding hydrogens is 442 g/mol. The fraction of sp³-hybridized carbons (Fsp3) is 0.304. The molecule has 4 rings (SSSR count). The van der Waals surface area contributed by atoms with Crippen LogP contribution >= 0.6 is 11.5 Å². The summed E-state index contributed by atoms with van der Waals surface area (Å²) in [7, 11) is 1.53. The van der Waals surface area contributed by atoms with Gasteiger partial charge in [0.25, 0.3) is 0 Å². The van der Waals surface area contributed by atoms with Crippen LogP contribution in [0.1, 0.15) is 30.1 Å². The predicted molar refractivity (Wildman–Crippen MR) is 125 cm³/mol. The molecule has 1 aliphatic rings. The van der Waals surface area contributed by atoms with E-state index in [1.807, 2.05) is 35.2 Å². The molecule has 2 heterocycles. The molecule has 0 saturated carbocycles. The number of fused-ring (bicyclic) bond motifs is 1. The van der Waals surface area contributed by atoms with Crippen LogP contribution in [0, 0.1) is 0 Å². The number of esters is 1. The maximum absolute atomic E-state index is 12.6. The van der Waals surface area contributed by atoms with Crippen molar-refractivity contribution in [2.75, 3.05) is 31.7 Å². The van der Waals surface area contributed by atoms with E-state index in [1.165, 1.54) is 7.11 Å². The van der Waals surface area contributed by atoms with Gasteiger partial charge in [-0.15, -0.1) is 10.2 Å². The minimum absolute atomic E-state index is 0.0127. The highest BCUT2D eigenvalue weighted by atomic mass is 32.1. The number of carbonyl (C=O) groups is 2. The van der Waals surface area contributed by atoms with Crippen molar-refractivity contribution in [3.05, 3.63) is 48.0 Å². The van der Waals surface area contributed by atoms with Gasteiger partial charge in [0.1, 0.15) is 11.4 Å². The molecule has 0 saturated heterocycles. The van der Waals surface area contributed by atoms with Gasteiger partial charge in [-0.1, -0.05) is 30.3 Å². The molecule has 1 aliphatic heterocycles. The van der Waals surface area contributed by atoms with Crippen LogP contribution in [-0.2, 0) is 9.53 Å². The van der Waals surface area contributed by atoms with Gasteiger partial charge in [-0.05, 0) is 13.0 Å². The van der Waals surface area contributed by atoms with E-state index in [2.05, 4.69) is 19.6 Å². The van der Waals surface area contributed by atoms with Gasteiger partial charge in [0.05, 0.1) is 25.8 Å². The molecule has 0 N–H and O–H groups in total. The molecule has 0 aliphatic carbocycles. The third-order valence-electron chi connectivity index (χ3n) is 5.13. The molecule has 10 heteroatoms. The summed E-state index contributed by atoms with van der Waals surface area (Å²) in [6.45, 7) is 3.11. The van der Waals surface area contributed by atoms with Crippen LogP contribution in [0.25, 0.3) is 11.4 Å². The number of azo groups is 1. The van der Waals surface area contributed by atoms with Crippen LogP contribution in [0.3, 0.4) is 0 Å². The van der Waals surface area contributed by atoms with Gasteiger partial charge in [0.2, 0.25) is 5.13 Å². The van der Waals surface area contributed by atoms with Gasteiger partial charge in [0.15, 0.2) is 11.6 Å². The highest BCUT2D eigenvalue weighted by Crippen LogP contribution is 2.39. The minimum atomic E-state index is -0.264. The first-order chi connectivity index (χ1) is 16.1. The summed E-state index contributed by atoms with van der Waals surface area (Å²) >= 11 is 1.14. The van der Waals surface area contributed by atoms with Crippen LogP contribution in [0.5, 0.6) is 5.75 Å². The molecule has 1 aromatic heterocycles. The molecule has 0 unspecified atom stereocenters. The molecule has 3 aromatic rings. The van der Waals surface area contributed by atoms with E-state index in [4.69, 9.17) is 9.47 Å². The summed E-state index contributed by atoms with van der Waals surface area (Å²) in [4.78, 5) is 30.8. The van der Waals surface area contributed by atoms with E-state index in [0.717, 1.165) is 17.1 Å².